The van der Waals surface area contributed by atoms with Crippen molar-refractivity contribution in [2.75, 3.05) is 5.73 Å². The van der Waals surface area contributed by atoms with Crippen molar-refractivity contribution in [3.63, 3.8) is 0 Å². The fourth-order valence-corrected chi connectivity index (χ4v) is 4.69. The Morgan fingerprint density at radius 2 is 0.872 bits per heavy atom. The molecule has 2 heterocycles. The Hall–Kier alpha value is -2.83. The summed E-state index contributed by atoms with van der Waals surface area (Å²) in [5.41, 5.74) is 11.5. The molecule has 39 heavy (non-hydrogen) atoms. The van der Waals surface area contributed by atoms with Gasteiger partial charge in [-0.25, -0.2) is 0 Å². The molecule has 2 aliphatic heterocycles. The third-order valence-electron chi connectivity index (χ3n) is 8.74. The van der Waals surface area contributed by atoms with Gasteiger partial charge in [-0.1, -0.05) is 60.7 Å². The first-order valence-electron chi connectivity index (χ1n) is 13.7. The van der Waals surface area contributed by atoms with Crippen molar-refractivity contribution in [3.05, 3.63) is 89.5 Å². The van der Waals surface area contributed by atoms with Crippen LogP contribution in [0.2, 0.25) is 0 Å². The maximum Gasteiger partial charge on any atom is 0.494 e. The van der Waals surface area contributed by atoms with E-state index in [1.807, 2.05) is 24.3 Å². The van der Waals surface area contributed by atoms with Gasteiger partial charge in [0.2, 0.25) is 0 Å². The smallest absolute Gasteiger partial charge is 0.399 e. The lowest BCUT2D eigenvalue weighted by atomic mass is 9.77. The molecule has 0 atom stereocenters. The van der Waals surface area contributed by atoms with Crippen LogP contribution in [0.3, 0.4) is 0 Å². The molecule has 5 nitrogen and oxygen atoms in total. The Kier molecular flexibility index (Phi) is 6.87. The van der Waals surface area contributed by atoms with Gasteiger partial charge in [-0.05, 0) is 107 Å². The first-order valence-corrected chi connectivity index (χ1v) is 13.7. The molecule has 0 spiro atoms. The molecular weight excluding hydrogens is 484 g/mol. The SMILES string of the molecule is CC1(C)OB(c2ccc(C(=Cc3ccc(N)cc3)c3ccc(B4OC(C)(C)C(C)(C)O4)cc3)cc2)OC1(C)C. The monoisotopic (exact) mass is 523 g/mol. The highest BCUT2D eigenvalue weighted by Crippen LogP contribution is 2.38. The number of nitrogens with two attached hydrogens (primary N) is 1. The van der Waals surface area contributed by atoms with E-state index in [0.717, 1.165) is 38.9 Å². The average Bonchev–Trinajstić information content (AvgIpc) is 3.23. The van der Waals surface area contributed by atoms with Crippen LogP contribution < -0.4 is 16.7 Å². The fraction of sp³-hybridized carbons (Fsp3) is 0.375. The maximum absolute atomic E-state index is 6.26. The zero-order valence-electron chi connectivity index (χ0n) is 24.4. The van der Waals surface area contributed by atoms with Crippen LogP contribution in [0.25, 0.3) is 11.6 Å². The van der Waals surface area contributed by atoms with Gasteiger partial charge in [0.25, 0.3) is 0 Å². The highest BCUT2D eigenvalue weighted by atomic mass is 16.7. The third-order valence-corrected chi connectivity index (χ3v) is 8.74. The second-order valence-electron chi connectivity index (χ2n) is 12.6. The highest BCUT2D eigenvalue weighted by Gasteiger charge is 2.52. The Bertz CT molecular complexity index is 1250. The predicted molar refractivity (Wildman–Crippen MR) is 162 cm³/mol. The molecule has 0 aliphatic carbocycles. The van der Waals surface area contributed by atoms with E-state index in [1.54, 1.807) is 0 Å². The summed E-state index contributed by atoms with van der Waals surface area (Å²) in [4.78, 5) is 0. The van der Waals surface area contributed by atoms with Crippen LogP contribution in [0.15, 0.2) is 72.8 Å². The molecule has 0 radical (unpaired) electrons. The Morgan fingerprint density at radius 1 is 0.538 bits per heavy atom. The number of nitrogen functional groups attached to an aromatic ring is 1. The van der Waals surface area contributed by atoms with E-state index in [1.165, 1.54) is 0 Å². The predicted octanol–water partition coefficient (Wildman–Crippen LogP) is 5.46. The third kappa shape index (κ3) is 5.33. The summed E-state index contributed by atoms with van der Waals surface area (Å²) in [6, 6.07) is 24.8. The Morgan fingerprint density at radius 3 is 1.21 bits per heavy atom. The van der Waals surface area contributed by atoms with E-state index in [4.69, 9.17) is 24.4 Å². The van der Waals surface area contributed by atoms with Crippen LogP contribution in [0.1, 0.15) is 72.1 Å². The van der Waals surface area contributed by atoms with E-state index in [2.05, 4.69) is 110 Å². The first kappa shape index (κ1) is 27.7. The van der Waals surface area contributed by atoms with Crippen LogP contribution in [-0.2, 0) is 18.6 Å². The molecule has 0 unspecified atom stereocenters. The van der Waals surface area contributed by atoms with Gasteiger partial charge in [0.05, 0.1) is 22.4 Å². The van der Waals surface area contributed by atoms with Crippen LogP contribution in [0.4, 0.5) is 5.69 Å². The lowest BCUT2D eigenvalue weighted by molar-refractivity contribution is 0.00578. The molecule has 0 bridgehead atoms. The Balaban J connectivity index is 1.46. The van der Waals surface area contributed by atoms with Crippen LogP contribution in [0.5, 0.6) is 0 Å². The van der Waals surface area contributed by atoms with Crippen LogP contribution in [-0.4, -0.2) is 36.6 Å². The van der Waals surface area contributed by atoms with Gasteiger partial charge in [0.1, 0.15) is 0 Å². The largest absolute Gasteiger partial charge is 0.494 e. The van der Waals surface area contributed by atoms with Gasteiger partial charge < -0.3 is 24.4 Å². The van der Waals surface area contributed by atoms with E-state index in [0.29, 0.717) is 0 Å². The molecule has 2 fully saturated rings. The van der Waals surface area contributed by atoms with Crippen molar-refractivity contribution in [2.45, 2.75) is 77.8 Å². The van der Waals surface area contributed by atoms with Crippen LogP contribution in [0, 0.1) is 0 Å². The summed E-state index contributed by atoms with van der Waals surface area (Å²) < 4.78 is 25.0. The van der Waals surface area contributed by atoms with E-state index in [-0.39, 0.29) is 22.4 Å². The molecule has 2 N–H and O–H groups in total. The second kappa shape index (κ2) is 9.67. The van der Waals surface area contributed by atoms with Crippen molar-refractivity contribution in [3.8, 4) is 0 Å². The fourth-order valence-electron chi connectivity index (χ4n) is 4.69. The Labute approximate surface area is 234 Å². The molecule has 0 amide bonds. The van der Waals surface area contributed by atoms with Gasteiger partial charge >= 0.3 is 14.2 Å². The zero-order chi connectivity index (χ0) is 28.2. The zero-order valence-corrected chi connectivity index (χ0v) is 24.4. The van der Waals surface area contributed by atoms with Gasteiger partial charge in [-0.15, -0.1) is 0 Å². The van der Waals surface area contributed by atoms with Crippen molar-refractivity contribution < 1.29 is 18.6 Å². The first-order chi connectivity index (χ1) is 18.2. The molecule has 2 aliphatic rings. The molecule has 0 saturated carbocycles. The minimum Gasteiger partial charge on any atom is -0.399 e. The number of hydrogen-bond acceptors (Lipinski definition) is 5. The van der Waals surface area contributed by atoms with Gasteiger partial charge in [0, 0.05) is 5.69 Å². The minimum absolute atomic E-state index is 0.379. The number of rotatable bonds is 5. The molecule has 0 aromatic heterocycles. The summed E-state index contributed by atoms with van der Waals surface area (Å²) in [5.74, 6) is 0. The summed E-state index contributed by atoms with van der Waals surface area (Å²) in [6.45, 7) is 16.6. The summed E-state index contributed by atoms with van der Waals surface area (Å²) in [7, 11) is -0.791. The molecule has 5 rings (SSSR count). The summed E-state index contributed by atoms with van der Waals surface area (Å²) >= 11 is 0. The van der Waals surface area contributed by atoms with Gasteiger partial charge in [-0.3, -0.25) is 0 Å². The topological polar surface area (TPSA) is 62.9 Å². The molecule has 202 valence electrons. The van der Waals surface area contributed by atoms with Crippen LogP contribution >= 0.6 is 0 Å². The van der Waals surface area contributed by atoms with E-state index in [9.17, 15) is 0 Å². The van der Waals surface area contributed by atoms with Crippen molar-refractivity contribution in [2.24, 2.45) is 0 Å². The standard InChI is InChI=1S/C32H39B2NO4/c1-29(2)30(3,4)37-33(36-29)25-15-11-23(12-16-25)28(21-22-9-19-27(35)20-10-22)24-13-17-26(18-14-24)34-38-31(5,6)32(7,8)39-34/h9-21H,35H2,1-8H3. The minimum atomic E-state index is -0.396. The molecule has 2 saturated heterocycles. The van der Waals surface area contributed by atoms with E-state index >= 15 is 0 Å². The highest BCUT2D eigenvalue weighted by molar-refractivity contribution is 6.62. The van der Waals surface area contributed by atoms with Crippen molar-refractivity contribution in [1.82, 2.24) is 0 Å². The normalized spacial score (nSPS) is 20.7. The summed E-state index contributed by atoms with van der Waals surface area (Å²) in [6.07, 6.45) is 2.19. The second-order valence-corrected chi connectivity index (χ2v) is 12.6. The number of hydrogen-bond donors (Lipinski definition) is 1. The molecule has 7 heteroatoms. The van der Waals surface area contributed by atoms with Gasteiger partial charge in [-0.2, -0.15) is 0 Å². The average molecular weight is 523 g/mol. The maximum atomic E-state index is 6.26. The lowest BCUT2D eigenvalue weighted by Gasteiger charge is -2.32. The lowest BCUT2D eigenvalue weighted by Crippen LogP contribution is -2.41. The van der Waals surface area contributed by atoms with E-state index < -0.39 is 14.2 Å². The number of anilines is 1. The summed E-state index contributed by atoms with van der Waals surface area (Å²) in [5, 5.41) is 0. The van der Waals surface area contributed by atoms with Gasteiger partial charge in [0.15, 0.2) is 0 Å². The van der Waals surface area contributed by atoms with Crippen molar-refractivity contribution in [1.29, 1.82) is 0 Å². The molecular formula is C32H39B2NO4. The molecule has 3 aromatic carbocycles. The van der Waals surface area contributed by atoms with Crippen molar-refractivity contribution >= 4 is 42.5 Å². The number of benzene rings is 3. The quantitative estimate of drug-likeness (QED) is 0.274. The molecule has 3 aromatic rings.